The number of carbonyl (C=O) groups excluding carboxylic acids is 2. The highest BCUT2D eigenvalue weighted by atomic mass is 16.5. The summed E-state index contributed by atoms with van der Waals surface area (Å²) in [5, 5.41) is 3.13. The molecule has 7 nitrogen and oxygen atoms in total. The van der Waals surface area contributed by atoms with Gasteiger partial charge in [-0.25, -0.2) is 0 Å². The van der Waals surface area contributed by atoms with Gasteiger partial charge in [0.25, 0.3) is 11.8 Å². The van der Waals surface area contributed by atoms with Crippen LogP contribution in [0, 0.1) is 0 Å². The molecule has 0 bridgehead atoms. The molecule has 0 aromatic heterocycles. The number of anilines is 1. The van der Waals surface area contributed by atoms with Crippen molar-refractivity contribution in [3.05, 3.63) is 59.8 Å². The Morgan fingerprint density at radius 3 is 2.37 bits per heavy atom. The van der Waals surface area contributed by atoms with Crippen LogP contribution in [0.15, 0.2) is 54.2 Å². The largest absolute Gasteiger partial charge is 0.495 e. The Bertz CT molecular complexity index is 937. The minimum atomic E-state index is -0.370. The van der Waals surface area contributed by atoms with Gasteiger partial charge in [-0.15, -0.1) is 0 Å². The predicted octanol–water partition coefficient (Wildman–Crippen LogP) is 3.32. The molecule has 3 rings (SSSR count). The third kappa shape index (κ3) is 4.46. The van der Waals surface area contributed by atoms with Gasteiger partial charge >= 0.3 is 0 Å². The smallest absolute Gasteiger partial charge is 0.278 e. The SMILES string of the molecule is CCOc1ccc(C2=C(Nc3ccccc3OC)C(=O)N(CCCOC)C2=O)cc1. The second kappa shape index (κ2) is 9.93. The van der Waals surface area contributed by atoms with Gasteiger partial charge in [-0.3, -0.25) is 14.5 Å². The Morgan fingerprint density at radius 1 is 0.967 bits per heavy atom. The first kappa shape index (κ1) is 21.4. The van der Waals surface area contributed by atoms with Gasteiger partial charge in [0.2, 0.25) is 0 Å². The molecule has 1 heterocycles. The minimum absolute atomic E-state index is 0.228. The predicted molar refractivity (Wildman–Crippen MR) is 114 cm³/mol. The molecule has 0 spiro atoms. The number of hydrogen-bond donors (Lipinski definition) is 1. The molecule has 30 heavy (non-hydrogen) atoms. The van der Waals surface area contributed by atoms with Crippen LogP contribution >= 0.6 is 0 Å². The maximum atomic E-state index is 13.2. The normalized spacial score (nSPS) is 13.8. The molecule has 0 saturated carbocycles. The average Bonchev–Trinajstić information content (AvgIpc) is 2.99. The molecule has 1 aliphatic rings. The first-order chi connectivity index (χ1) is 14.6. The van der Waals surface area contributed by atoms with Gasteiger partial charge in [0.1, 0.15) is 17.2 Å². The summed E-state index contributed by atoms with van der Waals surface area (Å²) in [6, 6.07) is 14.4. The zero-order valence-corrected chi connectivity index (χ0v) is 17.4. The highest BCUT2D eigenvalue weighted by Crippen LogP contribution is 2.33. The van der Waals surface area contributed by atoms with Gasteiger partial charge in [-0.05, 0) is 43.2 Å². The van der Waals surface area contributed by atoms with Crippen molar-refractivity contribution in [2.45, 2.75) is 13.3 Å². The van der Waals surface area contributed by atoms with E-state index in [2.05, 4.69) is 5.32 Å². The van der Waals surface area contributed by atoms with E-state index in [1.807, 2.05) is 19.1 Å². The van der Waals surface area contributed by atoms with Crippen molar-refractivity contribution in [2.75, 3.05) is 39.3 Å². The number of benzene rings is 2. The van der Waals surface area contributed by atoms with Gasteiger partial charge in [0, 0.05) is 20.3 Å². The van der Waals surface area contributed by atoms with E-state index in [1.54, 1.807) is 50.6 Å². The molecule has 0 atom stereocenters. The number of nitrogens with zero attached hydrogens (tertiary/aromatic N) is 1. The molecule has 2 aromatic carbocycles. The maximum Gasteiger partial charge on any atom is 0.278 e. The summed E-state index contributed by atoms with van der Waals surface area (Å²) in [5.74, 6) is 0.576. The zero-order valence-electron chi connectivity index (χ0n) is 17.4. The molecule has 0 radical (unpaired) electrons. The summed E-state index contributed by atoms with van der Waals surface area (Å²) in [5.41, 5.74) is 1.80. The summed E-state index contributed by atoms with van der Waals surface area (Å²) in [6.07, 6.45) is 0.562. The van der Waals surface area contributed by atoms with Crippen LogP contribution in [0.3, 0.4) is 0 Å². The molecule has 0 saturated heterocycles. The quantitative estimate of drug-likeness (QED) is 0.478. The number of amides is 2. The lowest BCUT2D eigenvalue weighted by atomic mass is 10.0. The van der Waals surface area contributed by atoms with Crippen molar-refractivity contribution in [3.63, 3.8) is 0 Å². The molecule has 0 fully saturated rings. The van der Waals surface area contributed by atoms with E-state index in [1.165, 1.54) is 4.90 Å². The van der Waals surface area contributed by atoms with E-state index in [0.29, 0.717) is 48.0 Å². The van der Waals surface area contributed by atoms with Gasteiger partial charge < -0.3 is 19.5 Å². The average molecular weight is 410 g/mol. The number of nitrogens with one attached hydrogen (secondary N) is 1. The summed E-state index contributed by atoms with van der Waals surface area (Å²) in [4.78, 5) is 27.6. The molecular weight excluding hydrogens is 384 g/mol. The highest BCUT2D eigenvalue weighted by Gasteiger charge is 2.39. The van der Waals surface area contributed by atoms with Crippen LogP contribution in [0.1, 0.15) is 18.9 Å². The number of hydrogen-bond acceptors (Lipinski definition) is 6. The van der Waals surface area contributed by atoms with Crippen molar-refractivity contribution in [1.82, 2.24) is 4.90 Å². The van der Waals surface area contributed by atoms with Crippen molar-refractivity contribution in [3.8, 4) is 11.5 Å². The summed E-state index contributed by atoms with van der Waals surface area (Å²) < 4.78 is 15.9. The summed E-state index contributed by atoms with van der Waals surface area (Å²) >= 11 is 0. The van der Waals surface area contributed by atoms with Crippen LogP contribution in [-0.4, -0.2) is 50.7 Å². The van der Waals surface area contributed by atoms with E-state index in [-0.39, 0.29) is 24.1 Å². The molecule has 7 heteroatoms. The van der Waals surface area contributed by atoms with Crippen LogP contribution in [0.2, 0.25) is 0 Å². The second-order valence-electron chi connectivity index (χ2n) is 6.64. The topological polar surface area (TPSA) is 77.1 Å². The Balaban J connectivity index is 2.00. The number of rotatable bonds is 10. The van der Waals surface area contributed by atoms with E-state index in [0.717, 1.165) is 0 Å². The number of methoxy groups -OCH3 is 2. The highest BCUT2D eigenvalue weighted by molar-refractivity contribution is 6.36. The maximum absolute atomic E-state index is 13.2. The number of carbonyl (C=O) groups is 2. The third-order valence-corrected chi connectivity index (χ3v) is 4.72. The molecule has 2 amide bonds. The lowest BCUT2D eigenvalue weighted by Gasteiger charge is -2.15. The standard InChI is InChI=1S/C23H26N2O5/c1-4-30-17-12-10-16(11-13-17)20-21(24-18-8-5-6-9-19(18)29-3)23(27)25(22(20)26)14-7-15-28-2/h5-6,8-13,24H,4,7,14-15H2,1-3H3. The molecule has 1 aliphatic heterocycles. The Labute approximate surface area is 176 Å². The molecule has 1 N–H and O–H groups in total. The number of ether oxygens (including phenoxy) is 3. The van der Waals surface area contributed by atoms with Crippen molar-refractivity contribution in [2.24, 2.45) is 0 Å². The van der Waals surface area contributed by atoms with Crippen LogP contribution in [0.25, 0.3) is 5.57 Å². The fourth-order valence-corrected chi connectivity index (χ4v) is 3.30. The Kier molecular flexibility index (Phi) is 7.08. The minimum Gasteiger partial charge on any atom is -0.495 e. The van der Waals surface area contributed by atoms with E-state index in [9.17, 15) is 9.59 Å². The first-order valence-corrected chi connectivity index (χ1v) is 9.83. The van der Waals surface area contributed by atoms with Gasteiger partial charge in [-0.1, -0.05) is 24.3 Å². The van der Waals surface area contributed by atoms with E-state index < -0.39 is 0 Å². The van der Waals surface area contributed by atoms with Crippen molar-refractivity contribution >= 4 is 23.1 Å². The zero-order chi connectivity index (χ0) is 21.5. The lowest BCUT2D eigenvalue weighted by molar-refractivity contribution is -0.136. The fraction of sp³-hybridized carbons (Fsp3) is 0.304. The van der Waals surface area contributed by atoms with Gasteiger partial charge in [-0.2, -0.15) is 0 Å². The molecule has 0 unspecified atom stereocenters. The fourth-order valence-electron chi connectivity index (χ4n) is 3.30. The summed E-state index contributed by atoms with van der Waals surface area (Å²) in [6.45, 7) is 3.20. The van der Waals surface area contributed by atoms with E-state index in [4.69, 9.17) is 14.2 Å². The van der Waals surface area contributed by atoms with Crippen LogP contribution in [0.4, 0.5) is 5.69 Å². The molecular formula is C23H26N2O5. The van der Waals surface area contributed by atoms with Crippen LogP contribution in [-0.2, 0) is 14.3 Å². The van der Waals surface area contributed by atoms with Gasteiger partial charge in [0.05, 0.1) is 25.0 Å². The first-order valence-electron chi connectivity index (χ1n) is 9.83. The second-order valence-corrected chi connectivity index (χ2v) is 6.64. The third-order valence-electron chi connectivity index (χ3n) is 4.72. The Hall–Kier alpha value is -3.32. The van der Waals surface area contributed by atoms with E-state index >= 15 is 0 Å². The van der Waals surface area contributed by atoms with Crippen molar-refractivity contribution < 1.29 is 23.8 Å². The van der Waals surface area contributed by atoms with Crippen molar-refractivity contribution in [1.29, 1.82) is 0 Å². The number of imide groups is 1. The molecule has 0 aliphatic carbocycles. The van der Waals surface area contributed by atoms with Gasteiger partial charge in [0.15, 0.2) is 0 Å². The summed E-state index contributed by atoms with van der Waals surface area (Å²) in [7, 11) is 3.15. The van der Waals surface area contributed by atoms with Crippen LogP contribution < -0.4 is 14.8 Å². The van der Waals surface area contributed by atoms with Crippen LogP contribution in [0.5, 0.6) is 11.5 Å². The molecule has 158 valence electrons. The Morgan fingerprint density at radius 2 is 1.70 bits per heavy atom. The number of para-hydroxylation sites is 2. The molecule has 2 aromatic rings. The monoisotopic (exact) mass is 410 g/mol. The lowest BCUT2D eigenvalue weighted by Crippen LogP contribution is -2.33.